The maximum absolute atomic E-state index is 5.33. The maximum atomic E-state index is 5.33. The third-order valence-corrected chi connectivity index (χ3v) is 4.34. The summed E-state index contributed by atoms with van der Waals surface area (Å²) >= 11 is 0. The average molecular weight is 275 g/mol. The van der Waals surface area contributed by atoms with Crippen molar-refractivity contribution in [2.24, 2.45) is 0 Å². The van der Waals surface area contributed by atoms with Crippen molar-refractivity contribution in [1.29, 1.82) is 0 Å². The van der Waals surface area contributed by atoms with E-state index in [1.54, 1.807) is 7.11 Å². The van der Waals surface area contributed by atoms with E-state index in [9.17, 15) is 0 Å². The number of hydrogen-bond donors (Lipinski definition) is 1. The molecule has 0 spiro atoms. The van der Waals surface area contributed by atoms with Crippen molar-refractivity contribution in [2.75, 3.05) is 13.7 Å². The highest BCUT2D eigenvalue weighted by Crippen LogP contribution is 2.32. The van der Waals surface area contributed by atoms with Crippen molar-refractivity contribution < 1.29 is 4.74 Å². The van der Waals surface area contributed by atoms with Crippen LogP contribution in [0.2, 0.25) is 0 Å². The van der Waals surface area contributed by atoms with Crippen LogP contribution in [-0.4, -0.2) is 13.7 Å². The van der Waals surface area contributed by atoms with Crippen LogP contribution in [0.3, 0.4) is 0 Å². The molecule has 2 rings (SSSR count). The number of nitrogens with one attached hydrogen (secondary N) is 1. The molecule has 0 aromatic heterocycles. The first-order valence-corrected chi connectivity index (χ1v) is 8.25. The molecule has 0 saturated carbocycles. The van der Waals surface area contributed by atoms with Crippen molar-refractivity contribution in [2.45, 2.75) is 64.3 Å². The van der Waals surface area contributed by atoms with Crippen LogP contribution < -0.4 is 10.1 Å². The average Bonchev–Trinajstić information content (AvgIpc) is 2.50. The Morgan fingerprint density at radius 2 is 2.05 bits per heavy atom. The Morgan fingerprint density at radius 1 is 1.20 bits per heavy atom. The molecule has 1 aromatic rings. The van der Waals surface area contributed by atoms with E-state index in [0.29, 0.717) is 6.04 Å². The molecule has 1 aromatic carbocycles. The molecule has 1 atom stereocenters. The summed E-state index contributed by atoms with van der Waals surface area (Å²) in [6, 6.07) is 7.11. The van der Waals surface area contributed by atoms with E-state index in [-0.39, 0.29) is 0 Å². The van der Waals surface area contributed by atoms with Gasteiger partial charge in [0, 0.05) is 6.04 Å². The molecule has 20 heavy (non-hydrogen) atoms. The molecular formula is C18H29NO. The molecular weight excluding hydrogens is 246 g/mol. The monoisotopic (exact) mass is 275 g/mol. The van der Waals surface area contributed by atoms with Gasteiger partial charge >= 0.3 is 0 Å². The normalized spacial score (nSPS) is 17.8. The van der Waals surface area contributed by atoms with Gasteiger partial charge < -0.3 is 10.1 Å². The number of hydrogen-bond acceptors (Lipinski definition) is 2. The molecule has 0 aliphatic heterocycles. The van der Waals surface area contributed by atoms with Crippen molar-refractivity contribution in [3.8, 4) is 5.75 Å². The van der Waals surface area contributed by atoms with Gasteiger partial charge in [0.05, 0.1) is 7.11 Å². The Labute approximate surface area is 123 Å². The van der Waals surface area contributed by atoms with Crippen LogP contribution in [0.1, 0.15) is 69.0 Å². The fourth-order valence-corrected chi connectivity index (χ4v) is 3.13. The van der Waals surface area contributed by atoms with Gasteiger partial charge in [0.25, 0.3) is 0 Å². The minimum Gasteiger partial charge on any atom is -0.497 e. The summed E-state index contributed by atoms with van der Waals surface area (Å²) in [5, 5.41) is 3.75. The number of ether oxygens (including phenoxy) is 1. The van der Waals surface area contributed by atoms with Gasteiger partial charge in [-0.1, -0.05) is 38.7 Å². The van der Waals surface area contributed by atoms with E-state index in [1.807, 2.05) is 0 Å². The molecule has 2 heteroatoms. The van der Waals surface area contributed by atoms with Crippen molar-refractivity contribution >= 4 is 0 Å². The van der Waals surface area contributed by atoms with Gasteiger partial charge in [0.1, 0.15) is 5.75 Å². The lowest BCUT2D eigenvalue weighted by Crippen LogP contribution is -2.26. The second-order valence-corrected chi connectivity index (χ2v) is 5.88. The Hall–Kier alpha value is -1.02. The molecule has 1 aliphatic carbocycles. The molecule has 0 saturated heterocycles. The number of benzene rings is 1. The lowest BCUT2D eigenvalue weighted by atomic mass is 9.87. The van der Waals surface area contributed by atoms with Crippen LogP contribution in [0.25, 0.3) is 0 Å². The van der Waals surface area contributed by atoms with E-state index in [4.69, 9.17) is 4.74 Å². The Kier molecular flexibility index (Phi) is 6.38. The number of rotatable bonds is 8. The van der Waals surface area contributed by atoms with Gasteiger partial charge in [-0.3, -0.25) is 0 Å². The second kappa shape index (κ2) is 8.31. The standard InChI is InChI=1S/C18H29NO/c1-3-4-5-6-7-13-19-18-10-8-9-15-14-16(20-2)11-12-17(15)18/h11-12,14,18-19H,3-10,13H2,1-2H3/t18-/m0/s1. The van der Waals surface area contributed by atoms with Gasteiger partial charge in [-0.05, 0) is 55.5 Å². The van der Waals surface area contributed by atoms with Gasteiger partial charge in [-0.2, -0.15) is 0 Å². The fraction of sp³-hybridized carbons (Fsp3) is 0.667. The summed E-state index contributed by atoms with van der Waals surface area (Å²) in [5.41, 5.74) is 2.96. The van der Waals surface area contributed by atoms with Crippen molar-refractivity contribution in [3.63, 3.8) is 0 Å². The van der Waals surface area contributed by atoms with E-state index in [1.165, 1.54) is 62.5 Å². The molecule has 0 bridgehead atoms. The lowest BCUT2D eigenvalue weighted by molar-refractivity contribution is 0.410. The largest absolute Gasteiger partial charge is 0.497 e. The number of methoxy groups -OCH3 is 1. The summed E-state index contributed by atoms with van der Waals surface area (Å²) in [6.45, 7) is 3.42. The molecule has 0 amide bonds. The van der Waals surface area contributed by atoms with Crippen LogP contribution in [0.15, 0.2) is 18.2 Å². The molecule has 0 radical (unpaired) electrons. The SMILES string of the molecule is CCCCCCCN[C@H]1CCCc2cc(OC)ccc21. The quantitative estimate of drug-likeness (QED) is 0.698. The molecule has 0 unspecified atom stereocenters. The number of aryl methyl sites for hydroxylation is 1. The first-order chi connectivity index (χ1) is 9.85. The number of unbranched alkanes of at least 4 members (excludes halogenated alkanes) is 4. The predicted molar refractivity (Wildman–Crippen MR) is 85.4 cm³/mol. The van der Waals surface area contributed by atoms with Gasteiger partial charge in [0.2, 0.25) is 0 Å². The molecule has 2 nitrogen and oxygen atoms in total. The topological polar surface area (TPSA) is 21.3 Å². The van der Waals surface area contributed by atoms with E-state index < -0.39 is 0 Å². The van der Waals surface area contributed by atoms with Gasteiger partial charge in [-0.15, -0.1) is 0 Å². The molecule has 0 fully saturated rings. The van der Waals surface area contributed by atoms with Crippen LogP contribution in [-0.2, 0) is 6.42 Å². The van der Waals surface area contributed by atoms with Crippen LogP contribution >= 0.6 is 0 Å². The van der Waals surface area contributed by atoms with Crippen molar-refractivity contribution in [1.82, 2.24) is 5.32 Å². The third kappa shape index (κ3) is 4.24. The number of fused-ring (bicyclic) bond motifs is 1. The summed E-state index contributed by atoms with van der Waals surface area (Å²) in [6.07, 6.45) is 10.5. The zero-order valence-electron chi connectivity index (χ0n) is 13.1. The minimum atomic E-state index is 0.552. The van der Waals surface area contributed by atoms with Gasteiger partial charge in [0.15, 0.2) is 0 Å². The second-order valence-electron chi connectivity index (χ2n) is 5.88. The van der Waals surface area contributed by atoms with Crippen LogP contribution in [0.5, 0.6) is 5.75 Å². The van der Waals surface area contributed by atoms with E-state index in [2.05, 4.69) is 30.4 Å². The highest BCUT2D eigenvalue weighted by atomic mass is 16.5. The summed E-state index contributed by atoms with van der Waals surface area (Å²) in [4.78, 5) is 0. The molecule has 0 heterocycles. The summed E-state index contributed by atoms with van der Waals surface area (Å²) in [5.74, 6) is 0.990. The highest BCUT2D eigenvalue weighted by Gasteiger charge is 2.19. The zero-order chi connectivity index (χ0) is 14.2. The fourth-order valence-electron chi connectivity index (χ4n) is 3.13. The first kappa shape index (κ1) is 15.4. The summed E-state index contributed by atoms with van der Waals surface area (Å²) < 4.78 is 5.33. The van der Waals surface area contributed by atoms with Gasteiger partial charge in [-0.25, -0.2) is 0 Å². The zero-order valence-corrected chi connectivity index (χ0v) is 13.1. The third-order valence-electron chi connectivity index (χ3n) is 4.34. The Morgan fingerprint density at radius 3 is 2.85 bits per heavy atom. The van der Waals surface area contributed by atoms with Crippen LogP contribution in [0.4, 0.5) is 0 Å². The minimum absolute atomic E-state index is 0.552. The van der Waals surface area contributed by atoms with E-state index in [0.717, 1.165) is 12.3 Å². The van der Waals surface area contributed by atoms with Crippen molar-refractivity contribution in [3.05, 3.63) is 29.3 Å². The molecule has 1 aliphatic rings. The maximum Gasteiger partial charge on any atom is 0.119 e. The summed E-state index contributed by atoms with van der Waals surface area (Å²) in [7, 11) is 1.75. The first-order valence-electron chi connectivity index (χ1n) is 8.25. The smallest absolute Gasteiger partial charge is 0.119 e. The molecule has 1 N–H and O–H groups in total. The van der Waals surface area contributed by atoms with E-state index >= 15 is 0 Å². The Balaban J connectivity index is 1.82. The Bertz CT molecular complexity index is 402. The lowest BCUT2D eigenvalue weighted by Gasteiger charge is -2.27. The molecule has 112 valence electrons. The predicted octanol–water partition coefficient (Wildman–Crippen LogP) is 4.63. The highest BCUT2D eigenvalue weighted by molar-refractivity contribution is 5.39. The van der Waals surface area contributed by atoms with Crippen LogP contribution in [0, 0.1) is 0 Å².